The topological polar surface area (TPSA) is 40.6 Å². The summed E-state index contributed by atoms with van der Waals surface area (Å²) < 4.78 is 0. The van der Waals surface area contributed by atoms with Gasteiger partial charge in [-0.15, -0.1) is 0 Å². The number of nitrogens with zero attached hydrogens (tertiary/aromatic N) is 2. The third-order valence-corrected chi connectivity index (χ3v) is 13.6. The van der Waals surface area contributed by atoms with Gasteiger partial charge in [-0.2, -0.15) is 0 Å². The zero-order valence-corrected chi connectivity index (χ0v) is 42.2. The maximum Gasteiger partial charge on any atom is 0.222 e. The summed E-state index contributed by atoms with van der Waals surface area (Å²) in [5.74, 6) is 1.33. The lowest BCUT2D eigenvalue weighted by Gasteiger charge is -2.23. The number of rotatable bonds is 51. The number of unbranched alkanes of at least 4 members (excludes halogenated alkanes) is 34. The van der Waals surface area contributed by atoms with Crippen molar-refractivity contribution in [3.05, 3.63) is 0 Å². The van der Waals surface area contributed by atoms with Crippen LogP contribution in [0.4, 0.5) is 0 Å². The van der Waals surface area contributed by atoms with Crippen LogP contribution in [0.3, 0.4) is 0 Å². The second kappa shape index (κ2) is 49.1. The van der Waals surface area contributed by atoms with Gasteiger partial charge in [0.1, 0.15) is 5.78 Å². The summed E-state index contributed by atoms with van der Waals surface area (Å²) in [6.45, 7) is 13.4. The monoisotopic (exact) mass is 845 g/mol. The molecule has 0 aromatic heterocycles. The van der Waals surface area contributed by atoms with Gasteiger partial charge >= 0.3 is 0 Å². The third kappa shape index (κ3) is 42.4. The molecular weight excluding hydrogens is 733 g/mol. The Bertz CT molecular complexity index is 752. The Balaban J connectivity index is 4.30. The van der Waals surface area contributed by atoms with E-state index < -0.39 is 0 Å². The van der Waals surface area contributed by atoms with Crippen LogP contribution in [0, 0.1) is 5.92 Å². The van der Waals surface area contributed by atoms with E-state index in [1.807, 2.05) is 0 Å². The summed E-state index contributed by atoms with van der Waals surface area (Å²) in [6.07, 6.45) is 56.2. The fourth-order valence-electron chi connectivity index (χ4n) is 9.27. The number of hydrogen-bond acceptors (Lipinski definition) is 3. The minimum atomic E-state index is 0.327. The van der Waals surface area contributed by atoms with E-state index in [-0.39, 0.29) is 0 Å². The van der Waals surface area contributed by atoms with E-state index in [9.17, 15) is 9.59 Å². The van der Waals surface area contributed by atoms with Gasteiger partial charge in [0.05, 0.1) is 0 Å². The average Bonchev–Trinajstić information content (AvgIpc) is 3.25. The summed E-state index contributed by atoms with van der Waals surface area (Å²) in [5, 5.41) is 0. The smallest absolute Gasteiger partial charge is 0.222 e. The molecule has 0 aromatic rings. The quantitative estimate of drug-likeness (QED) is 0.0573. The van der Waals surface area contributed by atoms with E-state index in [2.05, 4.69) is 44.5 Å². The lowest BCUT2D eigenvalue weighted by molar-refractivity contribution is -0.131. The molecule has 0 spiro atoms. The van der Waals surface area contributed by atoms with Crippen LogP contribution in [0.15, 0.2) is 0 Å². The molecule has 0 aromatic carbocycles. The Morgan fingerprint density at radius 3 is 0.933 bits per heavy atom. The van der Waals surface area contributed by atoms with E-state index >= 15 is 0 Å². The van der Waals surface area contributed by atoms with Crippen LogP contribution in [-0.4, -0.2) is 54.7 Å². The van der Waals surface area contributed by atoms with Crippen LogP contribution in [0.25, 0.3) is 0 Å². The van der Waals surface area contributed by atoms with E-state index in [0.717, 1.165) is 58.2 Å². The van der Waals surface area contributed by atoms with Crippen LogP contribution in [0.5, 0.6) is 0 Å². The van der Waals surface area contributed by atoms with Crippen molar-refractivity contribution in [1.29, 1.82) is 0 Å². The van der Waals surface area contributed by atoms with Crippen LogP contribution in [0.1, 0.15) is 310 Å². The number of carbonyl (C=O) groups is 2. The van der Waals surface area contributed by atoms with Gasteiger partial charge in [-0.1, -0.05) is 246 Å². The Morgan fingerprint density at radius 1 is 0.317 bits per heavy atom. The molecular formula is C56H112N2O2. The molecule has 0 aliphatic carbocycles. The third-order valence-electron chi connectivity index (χ3n) is 13.6. The van der Waals surface area contributed by atoms with Crippen LogP contribution in [0.2, 0.25) is 0 Å². The number of amides is 1. The highest BCUT2D eigenvalue weighted by molar-refractivity contribution is 5.80. The molecule has 0 rings (SSSR count). The van der Waals surface area contributed by atoms with Crippen molar-refractivity contribution in [3.63, 3.8) is 0 Å². The Kier molecular flexibility index (Phi) is 48.4. The molecule has 0 bridgehead atoms. The van der Waals surface area contributed by atoms with Gasteiger partial charge in [0, 0.05) is 31.8 Å². The van der Waals surface area contributed by atoms with Gasteiger partial charge in [-0.3, -0.25) is 9.59 Å². The molecule has 0 saturated carbocycles. The molecule has 0 heterocycles. The van der Waals surface area contributed by atoms with Gasteiger partial charge in [-0.25, -0.2) is 0 Å². The van der Waals surface area contributed by atoms with E-state index in [1.54, 1.807) is 0 Å². The number of carbonyl (C=O) groups excluding carboxylic acids is 2. The fraction of sp³-hybridized carbons (Fsp3) is 0.964. The number of ketones is 1. The summed E-state index contributed by atoms with van der Waals surface area (Å²) in [4.78, 5) is 31.5. The Morgan fingerprint density at radius 2 is 0.583 bits per heavy atom. The van der Waals surface area contributed by atoms with E-state index in [4.69, 9.17) is 0 Å². The minimum Gasteiger partial charge on any atom is -0.343 e. The van der Waals surface area contributed by atoms with E-state index in [0.29, 0.717) is 17.6 Å². The van der Waals surface area contributed by atoms with Crippen molar-refractivity contribution in [2.24, 2.45) is 5.92 Å². The van der Waals surface area contributed by atoms with Crippen molar-refractivity contribution in [2.45, 2.75) is 310 Å². The first-order chi connectivity index (χ1) is 29.5. The Hall–Kier alpha value is -0.900. The SMILES string of the molecule is CCCCCCCCCCC(CCCCCCCCCC)C(=O)CCCCCCN(C)CCCCCCC(=O)N(CCCCCCCCCC)CCCCCCCCCC. The molecule has 60 heavy (non-hydrogen) atoms. The minimum absolute atomic E-state index is 0.327. The maximum atomic E-state index is 13.4. The molecule has 0 saturated heterocycles. The first-order valence-electron chi connectivity index (χ1n) is 28.0. The first kappa shape index (κ1) is 59.1. The van der Waals surface area contributed by atoms with Gasteiger partial charge in [-0.05, 0) is 71.5 Å². The zero-order valence-electron chi connectivity index (χ0n) is 42.2. The molecule has 358 valence electrons. The lowest BCUT2D eigenvalue weighted by atomic mass is 9.88. The van der Waals surface area contributed by atoms with Crippen LogP contribution >= 0.6 is 0 Å². The second-order valence-electron chi connectivity index (χ2n) is 19.7. The van der Waals surface area contributed by atoms with Gasteiger partial charge in [0.25, 0.3) is 0 Å². The molecule has 0 fully saturated rings. The summed E-state index contributed by atoms with van der Waals surface area (Å²) >= 11 is 0. The molecule has 1 amide bonds. The van der Waals surface area contributed by atoms with Crippen molar-refractivity contribution in [3.8, 4) is 0 Å². The summed E-state index contributed by atoms with van der Waals surface area (Å²) in [7, 11) is 2.28. The predicted molar refractivity (Wildman–Crippen MR) is 268 cm³/mol. The van der Waals surface area contributed by atoms with Crippen molar-refractivity contribution < 1.29 is 9.59 Å². The van der Waals surface area contributed by atoms with E-state index in [1.165, 1.54) is 251 Å². The lowest BCUT2D eigenvalue weighted by Crippen LogP contribution is -2.32. The molecule has 0 N–H and O–H groups in total. The largest absolute Gasteiger partial charge is 0.343 e. The van der Waals surface area contributed by atoms with Crippen molar-refractivity contribution in [2.75, 3.05) is 33.2 Å². The summed E-state index contributed by atoms with van der Waals surface area (Å²) in [5.41, 5.74) is 0. The Labute approximate surface area is 379 Å². The van der Waals surface area contributed by atoms with Crippen molar-refractivity contribution >= 4 is 11.7 Å². The highest BCUT2D eigenvalue weighted by Crippen LogP contribution is 2.23. The number of hydrogen-bond donors (Lipinski definition) is 0. The molecule has 4 heteroatoms. The standard InChI is InChI=1S/C56H112N2O2/c1-6-10-14-18-22-26-30-38-46-54(47-39-31-27-23-19-15-11-7-2)55(59)48-40-32-36-42-50-57(5)51-43-37-33-41-49-56(60)58(52-44-34-28-24-20-16-12-8-3)53-45-35-29-25-21-17-13-9-4/h54H,6-53H2,1-5H3. The van der Waals surface area contributed by atoms with Gasteiger partial charge in [0.2, 0.25) is 5.91 Å². The number of Topliss-reactive ketones (excluding diaryl/α,β-unsaturated/α-hetero) is 1. The van der Waals surface area contributed by atoms with Crippen LogP contribution in [-0.2, 0) is 9.59 Å². The average molecular weight is 846 g/mol. The molecule has 0 unspecified atom stereocenters. The summed E-state index contributed by atoms with van der Waals surface area (Å²) in [6, 6.07) is 0. The second-order valence-corrected chi connectivity index (χ2v) is 19.7. The first-order valence-corrected chi connectivity index (χ1v) is 28.0. The van der Waals surface area contributed by atoms with Crippen LogP contribution < -0.4 is 0 Å². The highest BCUT2D eigenvalue weighted by atomic mass is 16.2. The molecule has 0 atom stereocenters. The molecule has 0 radical (unpaired) electrons. The van der Waals surface area contributed by atoms with Gasteiger partial charge in [0.15, 0.2) is 0 Å². The predicted octanol–water partition coefficient (Wildman–Crippen LogP) is 18.2. The fourth-order valence-corrected chi connectivity index (χ4v) is 9.27. The molecule has 0 aliphatic rings. The molecule has 0 aliphatic heterocycles. The molecule has 4 nitrogen and oxygen atoms in total. The zero-order chi connectivity index (χ0) is 43.8. The highest BCUT2D eigenvalue weighted by Gasteiger charge is 2.18. The normalized spacial score (nSPS) is 11.7. The maximum absolute atomic E-state index is 13.4. The van der Waals surface area contributed by atoms with Crippen molar-refractivity contribution in [1.82, 2.24) is 9.80 Å². The van der Waals surface area contributed by atoms with Gasteiger partial charge < -0.3 is 9.80 Å².